The molecule has 2 amide bonds. The van der Waals surface area contributed by atoms with Crippen LogP contribution in [0.3, 0.4) is 0 Å². The second-order valence-electron chi connectivity index (χ2n) is 6.89. The van der Waals surface area contributed by atoms with Gasteiger partial charge in [-0.1, -0.05) is 0 Å². The minimum absolute atomic E-state index is 0.0489. The molecule has 0 aliphatic carbocycles. The number of pyridine rings is 2. The number of carbonyl (C=O) groups is 4. The van der Waals surface area contributed by atoms with Crippen LogP contribution in [0, 0.1) is 0 Å². The normalized spacial score (nSPS) is 10.2. The lowest BCUT2D eigenvalue weighted by atomic mass is 10.3. The quantitative estimate of drug-likeness (QED) is 0.207. The lowest BCUT2D eigenvalue weighted by molar-refractivity contribution is -0.684. The van der Waals surface area contributed by atoms with Gasteiger partial charge >= 0.3 is 26.4 Å². The van der Waals surface area contributed by atoms with Gasteiger partial charge in [0.1, 0.15) is 11.1 Å². The number of aromatic nitrogens is 2. The molecule has 40 heavy (non-hydrogen) atoms. The number of esters is 2. The monoisotopic (exact) mass is 592 g/mol. The number of hydrogen-bond donors (Lipinski definition) is 2. The molecule has 2 heterocycles. The van der Waals surface area contributed by atoms with Gasteiger partial charge in [-0.25, -0.2) is 9.59 Å². The maximum atomic E-state index is 11.3. The molecule has 0 unspecified atom stereocenters. The second-order valence-corrected chi connectivity index (χ2v) is 6.89. The van der Waals surface area contributed by atoms with Gasteiger partial charge in [0.2, 0.25) is 13.1 Å². The van der Waals surface area contributed by atoms with Crippen LogP contribution in [0.2, 0.25) is 0 Å². The predicted molar refractivity (Wildman–Crippen MR) is 124 cm³/mol. The van der Waals surface area contributed by atoms with E-state index in [0.29, 0.717) is 24.3 Å². The van der Waals surface area contributed by atoms with Gasteiger partial charge in [0.15, 0.2) is 24.8 Å². The van der Waals surface area contributed by atoms with Crippen LogP contribution in [0.25, 0.3) is 0 Å². The molecular weight excluding hydrogens is 566 g/mol. The summed E-state index contributed by atoms with van der Waals surface area (Å²) in [5.41, 5.74) is 10.9. The van der Waals surface area contributed by atoms with Gasteiger partial charge in [-0.2, -0.15) is 9.13 Å². The second kappa shape index (κ2) is 18.9. The van der Waals surface area contributed by atoms with Crippen molar-refractivity contribution < 1.29 is 72.3 Å². The summed E-state index contributed by atoms with van der Waals surface area (Å²) in [5.74, 6) is -1.73. The molecule has 0 saturated carbocycles. The fraction of sp³-hybridized carbons (Fsp3) is 0.300. The van der Waals surface area contributed by atoms with Crippen molar-refractivity contribution in [1.82, 2.24) is 0 Å². The molecule has 2 aromatic heterocycles. The maximum absolute atomic E-state index is 11.3. The van der Waals surface area contributed by atoms with E-state index in [0.717, 1.165) is 0 Å². The fourth-order valence-electron chi connectivity index (χ4n) is 2.27. The highest BCUT2D eigenvalue weighted by molar-refractivity contribution is 6.50. The third-order valence-corrected chi connectivity index (χ3v) is 3.42. The number of carbonyl (C=O) groups excluding carboxylic acids is 4. The molecular formula is C20H26B2F8N4O6. The van der Waals surface area contributed by atoms with Crippen LogP contribution in [0.4, 0.5) is 34.5 Å². The summed E-state index contributed by atoms with van der Waals surface area (Å²) in [6, 6.07) is 6.56. The van der Waals surface area contributed by atoms with Gasteiger partial charge < -0.3 is 55.5 Å². The van der Waals surface area contributed by atoms with E-state index >= 15 is 0 Å². The molecule has 2 aromatic rings. The van der Waals surface area contributed by atoms with Crippen molar-refractivity contribution in [2.75, 3.05) is 13.2 Å². The third kappa shape index (κ3) is 25.4. The van der Waals surface area contributed by atoms with Gasteiger partial charge in [-0.3, -0.25) is 9.59 Å². The first-order valence-electron chi connectivity index (χ1n) is 10.9. The zero-order valence-corrected chi connectivity index (χ0v) is 21.1. The molecule has 0 aromatic carbocycles. The van der Waals surface area contributed by atoms with E-state index in [1.165, 1.54) is 21.5 Å². The Kier molecular flexibility index (Phi) is 17.9. The van der Waals surface area contributed by atoms with E-state index in [2.05, 4.69) is 0 Å². The van der Waals surface area contributed by atoms with E-state index in [4.69, 9.17) is 20.9 Å². The molecule has 0 aliphatic rings. The molecule has 0 atom stereocenters. The highest BCUT2D eigenvalue weighted by Crippen LogP contribution is 2.07. The number of primary amides is 2. The molecule has 0 fully saturated rings. The van der Waals surface area contributed by atoms with E-state index < -0.39 is 38.3 Å². The summed E-state index contributed by atoms with van der Waals surface area (Å²) in [6.45, 7) is 4.21. The Morgan fingerprint density at radius 3 is 1.18 bits per heavy atom. The smallest absolute Gasteiger partial charge is 0.462 e. The summed E-state index contributed by atoms with van der Waals surface area (Å²) < 4.78 is 90.7. The lowest BCUT2D eigenvalue weighted by Gasteiger charge is -2.00. The number of hydrogen-bond acceptors (Lipinski definition) is 6. The molecule has 20 heteroatoms. The maximum Gasteiger partial charge on any atom is 0.673 e. The predicted octanol–water partition coefficient (Wildman–Crippen LogP) is 1.87. The summed E-state index contributed by atoms with van der Waals surface area (Å²) in [6.07, 6.45) is 6.38. The van der Waals surface area contributed by atoms with Gasteiger partial charge in [0, 0.05) is 12.1 Å². The molecule has 224 valence electrons. The van der Waals surface area contributed by atoms with Crippen LogP contribution in [-0.4, -0.2) is 51.5 Å². The van der Waals surface area contributed by atoms with Crippen molar-refractivity contribution >= 4 is 38.3 Å². The van der Waals surface area contributed by atoms with Crippen LogP contribution in [0.15, 0.2) is 49.1 Å². The number of nitrogens with zero attached hydrogens (tertiary/aromatic N) is 2. The molecule has 2 rings (SSSR count). The first-order valence-corrected chi connectivity index (χ1v) is 10.9. The summed E-state index contributed by atoms with van der Waals surface area (Å²) in [7, 11) is -12.0. The highest BCUT2D eigenvalue weighted by atomic mass is 19.5. The van der Waals surface area contributed by atoms with E-state index in [1.54, 1.807) is 50.5 Å². The minimum atomic E-state index is -6.00. The number of halogens is 8. The van der Waals surface area contributed by atoms with Crippen LogP contribution >= 0.6 is 0 Å². The highest BCUT2D eigenvalue weighted by Gasteiger charge is 2.21. The lowest BCUT2D eigenvalue weighted by Crippen LogP contribution is -2.40. The molecule has 4 N–H and O–H groups in total. The van der Waals surface area contributed by atoms with Crippen molar-refractivity contribution in [2.45, 2.75) is 26.9 Å². The van der Waals surface area contributed by atoms with Gasteiger partial charge in [0.05, 0.1) is 13.2 Å². The Morgan fingerprint density at radius 1 is 0.675 bits per heavy atom. The molecule has 10 nitrogen and oxygen atoms in total. The van der Waals surface area contributed by atoms with Crippen LogP contribution in [-0.2, 0) is 32.2 Å². The van der Waals surface area contributed by atoms with Crippen LogP contribution in [0.5, 0.6) is 0 Å². The zero-order chi connectivity index (χ0) is 31.5. The summed E-state index contributed by atoms with van der Waals surface area (Å²) >= 11 is 0. The van der Waals surface area contributed by atoms with Crippen molar-refractivity contribution in [3.63, 3.8) is 0 Å². The first-order chi connectivity index (χ1) is 18.3. The summed E-state index contributed by atoms with van der Waals surface area (Å²) in [4.78, 5) is 44.0. The number of rotatable bonds is 8. The minimum Gasteiger partial charge on any atom is -0.462 e. The molecule has 0 aliphatic heterocycles. The van der Waals surface area contributed by atoms with E-state index in [-0.39, 0.29) is 13.1 Å². The third-order valence-electron chi connectivity index (χ3n) is 3.42. The zero-order valence-electron chi connectivity index (χ0n) is 21.1. The van der Waals surface area contributed by atoms with E-state index in [1.807, 2.05) is 0 Å². The van der Waals surface area contributed by atoms with Crippen molar-refractivity contribution in [3.05, 3.63) is 60.2 Å². The molecule has 0 saturated heterocycles. The topological polar surface area (TPSA) is 147 Å². The van der Waals surface area contributed by atoms with Gasteiger partial charge in [-0.05, 0) is 26.0 Å². The van der Waals surface area contributed by atoms with Crippen LogP contribution in [0.1, 0.15) is 34.6 Å². The Balaban J connectivity index is 0. The first kappa shape index (κ1) is 37.9. The van der Waals surface area contributed by atoms with Crippen molar-refractivity contribution in [1.29, 1.82) is 0 Å². The molecule has 0 spiro atoms. The fourth-order valence-corrected chi connectivity index (χ4v) is 2.27. The van der Waals surface area contributed by atoms with Gasteiger partial charge in [0.25, 0.3) is 11.8 Å². The SMILES string of the molecule is CCOC(=O)c1ccc[n+](CC(N)=O)c1.CCOC(=O)c1ccc[n+](CC(N)=O)c1.F[B-](F)(F)F.F[B-](F)(F)F. The Hall–Kier alpha value is -4.25. The number of amides is 2. The average Bonchev–Trinajstić information content (AvgIpc) is 2.77. The van der Waals surface area contributed by atoms with Crippen LogP contribution < -0.4 is 20.6 Å². The largest absolute Gasteiger partial charge is 0.673 e. The average molecular weight is 592 g/mol. The standard InChI is InChI=1S/2C10H12N2O3.2BF4/c2*1-2-15-10(14)8-4-3-5-12(6-8)7-9(11)13;2*2-1(3,4)5/h2*3-6H,2,7H2,1H3,(H-,11,13);;/q;;2*-1/p+2. The number of ether oxygens (including phenoxy) is 2. The number of nitrogens with two attached hydrogens (primary N) is 2. The molecule has 0 bridgehead atoms. The van der Waals surface area contributed by atoms with Crippen molar-refractivity contribution in [2.24, 2.45) is 11.5 Å². The van der Waals surface area contributed by atoms with Gasteiger partial charge in [-0.15, -0.1) is 0 Å². The Morgan fingerprint density at radius 2 is 0.950 bits per heavy atom. The van der Waals surface area contributed by atoms with Crippen molar-refractivity contribution in [3.8, 4) is 0 Å². The molecule has 0 radical (unpaired) electrons. The van der Waals surface area contributed by atoms with E-state index in [9.17, 15) is 53.7 Å². The Labute approximate surface area is 223 Å². The Bertz CT molecular complexity index is 1010. The summed E-state index contributed by atoms with van der Waals surface area (Å²) in [5, 5.41) is 0.